The van der Waals surface area contributed by atoms with Crippen LogP contribution in [0.25, 0.3) is 0 Å². The van der Waals surface area contributed by atoms with Gasteiger partial charge in [-0.1, -0.05) is 22.9 Å². The van der Waals surface area contributed by atoms with Gasteiger partial charge < -0.3 is 9.88 Å². The molecule has 0 amide bonds. The van der Waals surface area contributed by atoms with Gasteiger partial charge in [-0.3, -0.25) is 0 Å². The third-order valence-electron chi connectivity index (χ3n) is 3.28. The van der Waals surface area contributed by atoms with E-state index in [1.165, 1.54) is 6.07 Å². The third-order valence-corrected chi connectivity index (χ3v) is 3.78. The largest absolute Gasteiger partial charge is 0.336 e. The van der Waals surface area contributed by atoms with Gasteiger partial charge in [0.05, 0.1) is 18.1 Å². The van der Waals surface area contributed by atoms with Crippen molar-refractivity contribution >= 4 is 15.9 Å². The molecule has 1 unspecified atom stereocenters. The highest BCUT2D eigenvalue weighted by Crippen LogP contribution is 2.22. The smallest absolute Gasteiger partial charge is 0.126 e. The minimum atomic E-state index is -0.168. The molecule has 0 saturated carbocycles. The number of rotatable bonds is 6. The van der Waals surface area contributed by atoms with Gasteiger partial charge in [-0.25, -0.2) is 9.37 Å². The van der Waals surface area contributed by atoms with Crippen molar-refractivity contribution in [3.05, 3.63) is 52.3 Å². The normalized spacial score (nSPS) is 12.6. The second kappa shape index (κ2) is 6.99. The maximum atomic E-state index is 13.9. The van der Waals surface area contributed by atoms with Gasteiger partial charge in [0.15, 0.2) is 0 Å². The lowest BCUT2D eigenvalue weighted by atomic mass is 10.0. The highest BCUT2D eigenvalue weighted by molar-refractivity contribution is 9.10. The molecule has 1 N–H and O–H groups in total. The molecule has 108 valence electrons. The predicted octanol–water partition coefficient (Wildman–Crippen LogP) is 3.61. The van der Waals surface area contributed by atoms with Gasteiger partial charge in [-0.05, 0) is 43.1 Å². The first-order valence-electron chi connectivity index (χ1n) is 6.75. The Morgan fingerprint density at radius 3 is 2.90 bits per heavy atom. The van der Waals surface area contributed by atoms with E-state index in [2.05, 4.69) is 33.2 Å². The van der Waals surface area contributed by atoms with E-state index in [0.29, 0.717) is 12.0 Å². The van der Waals surface area contributed by atoms with Crippen LogP contribution in [-0.2, 0) is 13.5 Å². The fraction of sp³-hybridized carbons (Fsp3) is 0.400. The zero-order chi connectivity index (χ0) is 14.5. The number of hydrogen-bond acceptors (Lipinski definition) is 2. The van der Waals surface area contributed by atoms with E-state index in [1.807, 2.05) is 23.9 Å². The highest BCUT2D eigenvalue weighted by Gasteiger charge is 2.17. The number of nitrogens with one attached hydrogen (secondary N) is 1. The van der Waals surface area contributed by atoms with E-state index >= 15 is 0 Å². The first kappa shape index (κ1) is 15.2. The summed E-state index contributed by atoms with van der Waals surface area (Å²) in [6, 6.07) is 5.12. The Balaban J connectivity index is 2.23. The molecular formula is C15H19BrFN3. The van der Waals surface area contributed by atoms with Crippen LogP contribution in [0.4, 0.5) is 4.39 Å². The Morgan fingerprint density at radius 1 is 1.45 bits per heavy atom. The minimum Gasteiger partial charge on any atom is -0.336 e. The molecule has 0 radical (unpaired) electrons. The van der Waals surface area contributed by atoms with E-state index < -0.39 is 0 Å². The van der Waals surface area contributed by atoms with Crippen molar-refractivity contribution in [2.45, 2.75) is 25.8 Å². The average Bonchev–Trinajstić information content (AvgIpc) is 2.84. The Morgan fingerprint density at radius 2 is 2.25 bits per heavy atom. The Labute approximate surface area is 127 Å². The van der Waals surface area contributed by atoms with Crippen molar-refractivity contribution in [3.8, 4) is 0 Å². The molecule has 1 heterocycles. The maximum absolute atomic E-state index is 13.9. The molecule has 0 aliphatic heterocycles. The second-order valence-electron chi connectivity index (χ2n) is 4.88. The van der Waals surface area contributed by atoms with Crippen LogP contribution in [0.1, 0.15) is 30.6 Å². The van der Waals surface area contributed by atoms with E-state index in [-0.39, 0.29) is 11.9 Å². The van der Waals surface area contributed by atoms with Crippen LogP contribution >= 0.6 is 15.9 Å². The fourth-order valence-electron chi connectivity index (χ4n) is 2.22. The lowest BCUT2D eigenvalue weighted by molar-refractivity contribution is 0.491. The van der Waals surface area contributed by atoms with Crippen LogP contribution in [0, 0.1) is 5.82 Å². The summed E-state index contributed by atoms with van der Waals surface area (Å²) in [4.78, 5) is 4.15. The number of aryl methyl sites for hydroxylation is 1. The standard InChI is InChI=1S/C15H19BrFN3/c1-3-6-19-14(15-9-18-10-20(15)2)8-11-7-12(16)4-5-13(11)17/h4-5,7,9-10,14,19H,3,6,8H2,1-2H3. The number of imidazole rings is 1. The van der Waals surface area contributed by atoms with E-state index in [0.717, 1.165) is 23.1 Å². The minimum absolute atomic E-state index is 0.0613. The molecule has 1 atom stereocenters. The summed E-state index contributed by atoms with van der Waals surface area (Å²) < 4.78 is 16.8. The molecule has 20 heavy (non-hydrogen) atoms. The molecule has 1 aromatic heterocycles. The topological polar surface area (TPSA) is 29.9 Å². The van der Waals surface area contributed by atoms with Gasteiger partial charge in [0.1, 0.15) is 5.82 Å². The Bertz CT molecular complexity index is 568. The molecule has 0 spiro atoms. The molecule has 3 nitrogen and oxygen atoms in total. The molecule has 5 heteroatoms. The summed E-state index contributed by atoms with van der Waals surface area (Å²) in [5.74, 6) is -0.168. The quantitative estimate of drug-likeness (QED) is 0.871. The number of halogens is 2. The highest BCUT2D eigenvalue weighted by atomic mass is 79.9. The third kappa shape index (κ3) is 3.67. The summed E-state index contributed by atoms with van der Waals surface area (Å²) in [6.07, 6.45) is 5.25. The van der Waals surface area contributed by atoms with Crippen LogP contribution in [-0.4, -0.2) is 16.1 Å². The Hall–Kier alpha value is -1.20. The maximum Gasteiger partial charge on any atom is 0.126 e. The van der Waals surface area contributed by atoms with Gasteiger partial charge >= 0.3 is 0 Å². The molecule has 0 saturated heterocycles. The predicted molar refractivity (Wildman–Crippen MR) is 82.0 cm³/mol. The van der Waals surface area contributed by atoms with Crippen molar-refractivity contribution in [1.29, 1.82) is 0 Å². The van der Waals surface area contributed by atoms with Crippen LogP contribution in [0.15, 0.2) is 35.2 Å². The average molecular weight is 340 g/mol. The monoisotopic (exact) mass is 339 g/mol. The molecule has 1 aromatic carbocycles. The molecular weight excluding hydrogens is 321 g/mol. The van der Waals surface area contributed by atoms with Crippen molar-refractivity contribution in [1.82, 2.24) is 14.9 Å². The fourth-order valence-corrected chi connectivity index (χ4v) is 2.63. The molecule has 0 aliphatic carbocycles. The van der Waals surface area contributed by atoms with Gasteiger partial charge in [-0.2, -0.15) is 0 Å². The first-order chi connectivity index (χ1) is 9.61. The van der Waals surface area contributed by atoms with Crippen LogP contribution < -0.4 is 5.32 Å². The lowest BCUT2D eigenvalue weighted by Gasteiger charge is -2.19. The SMILES string of the molecule is CCCNC(Cc1cc(Br)ccc1F)c1cncn1C. The van der Waals surface area contributed by atoms with Gasteiger partial charge in [0.25, 0.3) is 0 Å². The van der Waals surface area contributed by atoms with Crippen LogP contribution in [0.5, 0.6) is 0 Å². The van der Waals surface area contributed by atoms with Gasteiger partial charge in [0.2, 0.25) is 0 Å². The van der Waals surface area contributed by atoms with Gasteiger partial charge in [-0.15, -0.1) is 0 Å². The zero-order valence-corrected chi connectivity index (χ0v) is 13.3. The van der Waals surface area contributed by atoms with Gasteiger partial charge in [0, 0.05) is 17.7 Å². The van der Waals surface area contributed by atoms with Crippen molar-refractivity contribution in [2.24, 2.45) is 7.05 Å². The molecule has 0 bridgehead atoms. The number of hydrogen-bond donors (Lipinski definition) is 1. The number of aromatic nitrogens is 2. The van der Waals surface area contributed by atoms with E-state index in [9.17, 15) is 4.39 Å². The van der Waals surface area contributed by atoms with Crippen LogP contribution in [0.2, 0.25) is 0 Å². The van der Waals surface area contributed by atoms with Crippen molar-refractivity contribution < 1.29 is 4.39 Å². The zero-order valence-electron chi connectivity index (χ0n) is 11.7. The van der Waals surface area contributed by atoms with Crippen LogP contribution in [0.3, 0.4) is 0 Å². The number of nitrogens with zero attached hydrogens (tertiary/aromatic N) is 2. The molecule has 2 rings (SSSR count). The molecule has 0 aliphatic rings. The molecule has 2 aromatic rings. The summed E-state index contributed by atoms with van der Waals surface area (Å²) >= 11 is 3.40. The lowest BCUT2D eigenvalue weighted by Crippen LogP contribution is -2.26. The first-order valence-corrected chi connectivity index (χ1v) is 7.54. The summed E-state index contributed by atoms with van der Waals surface area (Å²) in [7, 11) is 1.96. The summed E-state index contributed by atoms with van der Waals surface area (Å²) in [5, 5.41) is 3.47. The summed E-state index contributed by atoms with van der Waals surface area (Å²) in [6.45, 7) is 3.01. The van der Waals surface area contributed by atoms with Crippen molar-refractivity contribution in [2.75, 3.05) is 6.54 Å². The Kier molecular flexibility index (Phi) is 5.31. The number of benzene rings is 1. The second-order valence-corrected chi connectivity index (χ2v) is 5.79. The van der Waals surface area contributed by atoms with E-state index in [1.54, 1.807) is 12.4 Å². The van der Waals surface area contributed by atoms with Crippen molar-refractivity contribution in [3.63, 3.8) is 0 Å². The summed E-state index contributed by atoms with van der Waals surface area (Å²) in [5.41, 5.74) is 1.77. The molecule has 0 fully saturated rings. The van der Waals surface area contributed by atoms with E-state index in [4.69, 9.17) is 0 Å².